The highest BCUT2D eigenvalue weighted by molar-refractivity contribution is 5.90. The molecule has 0 radical (unpaired) electrons. The molecule has 1 aliphatic heterocycles. The number of carbonyl (C=O) groups is 3. The van der Waals surface area contributed by atoms with Crippen LogP contribution in [0.5, 0.6) is 0 Å². The van der Waals surface area contributed by atoms with E-state index in [1.807, 2.05) is 0 Å². The Morgan fingerprint density at radius 2 is 2.00 bits per heavy atom. The van der Waals surface area contributed by atoms with Gasteiger partial charge in [-0.1, -0.05) is 0 Å². The molecule has 0 aromatic heterocycles. The number of nitrogens with zero attached hydrogens (tertiary/aromatic N) is 1. The molecule has 1 aliphatic rings. The van der Waals surface area contributed by atoms with E-state index in [2.05, 4.69) is 10.6 Å². The van der Waals surface area contributed by atoms with E-state index in [1.54, 1.807) is 14.1 Å². The quantitative estimate of drug-likeness (QED) is 0.609. The Labute approximate surface area is 111 Å². The SMILES string of the molecule is CC(NC(=O)NC1(C(=O)O)CCOC1)C(=O)N(C)C. The topological polar surface area (TPSA) is 108 Å². The van der Waals surface area contributed by atoms with E-state index in [1.165, 1.54) is 11.8 Å². The van der Waals surface area contributed by atoms with E-state index >= 15 is 0 Å². The number of urea groups is 1. The number of aliphatic carboxylic acids is 1. The largest absolute Gasteiger partial charge is 0.479 e. The number of rotatable bonds is 4. The first-order chi connectivity index (χ1) is 8.78. The maximum absolute atomic E-state index is 11.7. The van der Waals surface area contributed by atoms with Gasteiger partial charge in [-0.3, -0.25) is 4.79 Å². The van der Waals surface area contributed by atoms with Gasteiger partial charge in [-0.25, -0.2) is 9.59 Å². The van der Waals surface area contributed by atoms with Gasteiger partial charge in [-0.15, -0.1) is 0 Å². The summed E-state index contributed by atoms with van der Waals surface area (Å²) in [6.07, 6.45) is 0.200. The average molecular weight is 273 g/mol. The van der Waals surface area contributed by atoms with Gasteiger partial charge in [0.15, 0.2) is 5.54 Å². The van der Waals surface area contributed by atoms with Gasteiger partial charge < -0.3 is 25.4 Å². The average Bonchev–Trinajstić information content (AvgIpc) is 2.77. The lowest BCUT2D eigenvalue weighted by atomic mass is 9.99. The standard InChI is InChI=1S/C11H19N3O5/c1-7(8(15)14(2)3)12-10(18)13-11(9(16)17)4-5-19-6-11/h7H,4-6H2,1-3H3,(H,16,17)(H2,12,13,18). The van der Waals surface area contributed by atoms with Gasteiger partial charge in [-0.05, 0) is 6.92 Å². The van der Waals surface area contributed by atoms with Crippen LogP contribution in [0.1, 0.15) is 13.3 Å². The molecule has 2 unspecified atom stereocenters. The number of carboxylic acids is 1. The van der Waals surface area contributed by atoms with Crippen molar-refractivity contribution >= 4 is 17.9 Å². The number of nitrogens with one attached hydrogen (secondary N) is 2. The van der Waals surface area contributed by atoms with Crippen molar-refractivity contribution in [1.29, 1.82) is 0 Å². The summed E-state index contributed by atoms with van der Waals surface area (Å²) in [6, 6.07) is -1.43. The van der Waals surface area contributed by atoms with Gasteiger partial charge >= 0.3 is 12.0 Å². The highest BCUT2D eigenvalue weighted by atomic mass is 16.5. The van der Waals surface area contributed by atoms with Crippen molar-refractivity contribution in [3.63, 3.8) is 0 Å². The van der Waals surface area contributed by atoms with E-state index in [9.17, 15) is 14.4 Å². The van der Waals surface area contributed by atoms with Crippen molar-refractivity contribution in [2.24, 2.45) is 0 Å². The van der Waals surface area contributed by atoms with E-state index in [4.69, 9.17) is 9.84 Å². The van der Waals surface area contributed by atoms with Gasteiger partial charge in [-0.2, -0.15) is 0 Å². The predicted molar refractivity (Wildman–Crippen MR) is 65.6 cm³/mol. The number of likely N-dealkylation sites (N-methyl/N-ethyl adjacent to an activating group) is 1. The van der Waals surface area contributed by atoms with Crippen molar-refractivity contribution in [3.8, 4) is 0 Å². The first kappa shape index (κ1) is 15.2. The number of ether oxygens (including phenoxy) is 1. The third kappa shape index (κ3) is 3.57. The van der Waals surface area contributed by atoms with Gasteiger partial charge in [0, 0.05) is 27.1 Å². The van der Waals surface area contributed by atoms with Crippen LogP contribution in [0.4, 0.5) is 4.79 Å². The maximum atomic E-state index is 11.7. The lowest BCUT2D eigenvalue weighted by Gasteiger charge is -2.25. The van der Waals surface area contributed by atoms with Crippen LogP contribution in [0.2, 0.25) is 0 Å². The summed E-state index contributed by atoms with van der Waals surface area (Å²) in [6.45, 7) is 1.73. The lowest BCUT2D eigenvalue weighted by molar-refractivity contribution is -0.144. The second-order valence-corrected chi connectivity index (χ2v) is 4.74. The highest BCUT2D eigenvalue weighted by Gasteiger charge is 2.44. The minimum atomic E-state index is -1.41. The number of hydrogen-bond acceptors (Lipinski definition) is 4. The molecule has 1 rings (SSSR count). The van der Waals surface area contributed by atoms with Crippen molar-refractivity contribution < 1.29 is 24.2 Å². The van der Waals surface area contributed by atoms with Crippen molar-refractivity contribution in [2.45, 2.75) is 24.9 Å². The van der Waals surface area contributed by atoms with E-state index < -0.39 is 23.6 Å². The van der Waals surface area contributed by atoms with Gasteiger partial charge in [0.05, 0.1) is 6.61 Å². The molecule has 1 fully saturated rings. The highest BCUT2D eigenvalue weighted by Crippen LogP contribution is 2.18. The van der Waals surface area contributed by atoms with Gasteiger partial charge in [0.1, 0.15) is 6.04 Å². The maximum Gasteiger partial charge on any atom is 0.332 e. The minimum Gasteiger partial charge on any atom is -0.479 e. The minimum absolute atomic E-state index is 0.0776. The molecule has 8 nitrogen and oxygen atoms in total. The molecule has 108 valence electrons. The summed E-state index contributed by atoms with van der Waals surface area (Å²) in [7, 11) is 3.14. The molecule has 0 bridgehead atoms. The normalized spacial score (nSPS) is 23.5. The van der Waals surface area contributed by atoms with Crippen LogP contribution >= 0.6 is 0 Å². The second-order valence-electron chi connectivity index (χ2n) is 4.74. The van der Waals surface area contributed by atoms with Crippen LogP contribution in [0.25, 0.3) is 0 Å². The first-order valence-corrected chi connectivity index (χ1v) is 5.89. The van der Waals surface area contributed by atoms with E-state index in [-0.39, 0.29) is 25.5 Å². The molecule has 3 N–H and O–H groups in total. The lowest BCUT2D eigenvalue weighted by Crippen LogP contribution is -2.59. The Balaban J connectivity index is 2.59. The third-order valence-corrected chi connectivity index (χ3v) is 2.94. The van der Waals surface area contributed by atoms with Crippen molar-refractivity contribution in [2.75, 3.05) is 27.3 Å². The summed E-state index contributed by atoms with van der Waals surface area (Å²) in [5.41, 5.74) is -1.41. The zero-order valence-corrected chi connectivity index (χ0v) is 11.2. The molecule has 3 amide bonds. The smallest absolute Gasteiger partial charge is 0.332 e. The first-order valence-electron chi connectivity index (χ1n) is 5.89. The number of amides is 3. The Bertz CT molecular complexity index is 377. The van der Waals surface area contributed by atoms with E-state index in [0.717, 1.165) is 0 Å². The molecule has 0 aromatic rings. The van der Waals surface area contributed by atoms with Crippen molar-refractivity contribution in [1.82, 2.24) is 15.5 Å². The summed E-state index contributed by atoms with van der Waals surface area (Å²) in [5.74, 6) is -1.42. The number of carbonyl (C=O) groups excluding carboxylic acids is 2. The molecule has 19 heavy (non-hydrogen) atoms. The molecular weight excluding hydrogens is 254 g/mol. The zero-order chi connectivity index (χ0) is 14.6. The monoisotopic (exact) mass is 273 g/mol. The molecule has 1 saturated heterocycles. The van der Waals surface area contributed by atoms with Crippen LogP contribution in [-0.4, -0.2) is 66.8 Å². The van der Waals surface area contributed by atoms with Crippen LogP contribution in [0.3, 0.4) is 0 Å². The van der Waals surface area contributed by atoms with Crippen LogP contribution in [0, 0.1) is 0 Å². The van der Waals surface area contributed by atoms with E-state index in [0.29, 0.717) is 0 Å². The van der Waals surface area contributed by atoms with Gasteiger partial charge in [0.25, 0.3) is 0 Å². The summed E-state index contributed by atoms with van der Waals surface area (Å²) < 4.78 is 5.01. The Morgan fingerprint density at radius 1 is 1.37 bits per heavy atom. The number of carboxylic acid groups (broad SMARTS) is 1. The molecule has 8 heteroatoms. The Hall–Kier alpha value is -1.83. The van der Waals surface area contributed by atoms with Crippen LogP contribution in [-0.2, 0) is 14.3 Å². The van der Waals surface area contributed by atoms with Gasteiger partial charge in [0.2, 0.25) is 5.91 Å². The fourth-order valence-electron chi connectivity index (χ4n) is 1.78. The third-order valence-electron chi connectivity index (χ3n) is 2.94. The fourth-order valence-corrected chi connectivity index (χ4v) is 1.78. The van der Waals surface area contributed by atoms with Crippen LogP contribution in [0.15, 0.2) is 0 Å². The molecule has 0 spiro atoms. The Kier molecular flexibility index (Phi) is 4.71. The Morgan fingerprint density at radius 3 is 2.42 bits per heavy atom. The predicted octanol–water partition coefficient (Wildman–Crippen LogP) is -0.994. The fraction of sp³-hybridized carbons (Fsp3) is 0.727. The molecule has 0 saturated carbocycles. The van der Waals surface area contributed by atoms with Crippen LogP contribution < -0.4 is 10.6 Å². The molecule has 0 aliphatic carbocycles. The summed E-state index contributed by atoms with van der Waals surface area (Å²) in [5, 5.41) is 13.9. The molecular formula is C11H19N3O5. The van der Waals surface area contributed by atoms with Crippen molar-refractivity contribution in [3.05, 3.63) is 0 Å². The summed E-state index contributed by atoms with van der Waals surface area (Å²) >= 11 is 0. The molecule has 1 heterocycles. The zero-order valence-electron chi connectivity index (χ0n) is 11.2. The second kappa shape index (κ2) is 5.87. The molecule has 0 aromatic carbocycles. The summed E-state index contributed by atoms with van der Waals surface area (Å²) in [4.78, 5) is 35.8. The number of hydrogen-bond donors (Lipinski definition) is 3. The molecule has 2 atom stereocenters.